The van der Waals surface area contributed by atoms with Crippen LogP contribution in [-0.4, -0.2) is 50.8 Å². The highest BCUT2D eigenvalue weighted by Gasteiger charge is 2.26. The van der Waals surface area contributed by atoms with Gasteiger partial charge in [-0.3, -0.25) is 15.5 Å². The van der Waals surface area contributed by atoms with E-state index in [9.17, 15) is 19.8 Å². The third kappa shape index (κ3) is 4.91. The Morgan fingerprint density at radius 3 is 2.62 bits per heavy atom. The Bertz CT molecular complexity index is 1150. The predicted octanol–water partition coefficient (Wildman–Crippen LogP) is 1.82. The minimum absolute atomic E-state index is 0.0583. The number of benzene rings is 1. The van der Waals surface area contributed by atoms with Crippen molar-refractivity contribution in [3.05, 3.63) is 65.3 Å². The first kappa shape index (κ1) is 22.5. The van der Waals surface area contributed by atoms with Gasteiger partial charge in [-0.2, -0.15) is 4.57 Å². The van der Waals surface area contributed by atoms with E-state index < -0.39 is 11.8 Å². The molecule has 1 aliphatic rings. The number of esters is 1. The molecule has 0 radical (unpaired) electrons. The maximum atomic E-state index is 13.4. The highest BCUT2D eigenvalue weighted by atomic mass is 16.5. The van der Waals surface area contributed by atoms with Gasteiger partial charge in [0.2, 0.25) is 0 Å². The molecule has 0 saturated heterocycles. The van der Waals surface area contributed by atoms with Crippen LogP contribution in [0.25, 0.3) is 11.1 Å². The van der Waals surface area contributed by atoms with Gasteiger partial charge in [0.15, 0.2) is 19.0 Å². The molecule has 1 aromatic carbocycles. The molecule has 0 bridgehead atoms. The number of fused-ring (bicyclic) bond motifs is 1. The number of amides is 1. The fourth-order valence-electron chi connectivity index (χ4n) is 2.99. The molecular weight excluding hydrogens is 412 g/mol. The number of allylic oxidation sites excluding steroid dienone is 1. The summed E-state index contributed by atoms with van der Waals surface area (Å²) in [6, 6.07) is 8.21. The monoisotopic (exact) mass is 434 g/mol. The maximum Gasteiger partial charge on any atom is 0.344 e. The summed E-state index contributed by atoms with van der Waals surface area (Å²) >= 11 is 0. The van der Waals surface area contributed by atoms with E-state index in [1.165, 1.54) is 16.7 Å². The van der Waals surface area contributed by atoms with E-state index in [2.05, 4.69) is 5.32 Å². The molecule has 1 N–H and O–H groups in total. The molecule has 0 aliphatic carbocycles. The number of aromatic nitrogens is 1. The second-order valence-corrected chi connectivity index (χ2v) is 7.01. The summed E-state index contributed by atoms with van der Waals surface area (Å²) in [6.07, 6.45) is 4.51. The van der Waals surface area contributed by atoms with Crippen molar-refractivity contribution < 1.29 is 28.4 Å². The lowest BCUT2D eigenvalue weighted by Gasteiger charge is -2.18. The molecule has 0 saturated carbocycles. The number of nitrogens with one attached hydrogen (secondary N) is 1. The third-order valence-electron chi connectivity index (χ3n) is 4.61. The molecule has 32 heavy (non-hydrogen) atoms. The number of rotatable bonds is 7. The topological polar surface area (TPSA) is 111 Å². The number of pyridine rings is 1. The number of carbonyl (C=O) groups is 3. The Balaban J connectivity index is 2.07. The SMILES string of the molecule is CCOC(=O)C(=C=[N-])/C=C(/C(=O)c1ccc2c(c1)NC(=O)CO2)[n+]1ccc(N(C)C)cc1. The number of carbonyl (C=O) groups excluding carboxylic acids is 3. The Hall–Kier alpha value is -4.23. The molecule has 0 spiro atoms. The van der Waals surface area contributed by atoms with E-state index >= 15 is 0 Å². The lowest BCUT2D eigenvalue weighted by atomic mass is 10.0. The number of anilines is 2. The minimum atomic E-state index is -0.822. The number of nitrogens with zero attached hydrogens (tertiary/aromatic N) is 3. The van der Waals surface area contributed by atoms with Crippen LogP contribution in [0.15, 0.2) is 54.4 Å². The van der Waals surface area contributed by atoms with Gasteiger partial charge < -0.3 is 25.1 Å². The summed E-state index contributed by atoms with van der Waals surface area (Å²) in [5, 5.41) is 12.1. The van der Waals surface area contributed by atoms with Gasteiger partial charge in [-0.25, -0.2) is 4.79 Å². The summed E-state index contributed by atoms with van der Waals surface area (Å²) in [6.45, 7) is 1.62. The number of hydrogen-bond donors (Lipinski definition) is 1. The molecule has 2 heterocycles. The molecule has 3 rings (SSSR count). The molecule has 0 unspecified atom stereocenters. The molecule has 0 fully saturated rings. The number of Topliss-reactive ketones (excluding diaryl/α,β-unsaturated/α-hetero) is 1. The van der Waals surface area contributed by atoms with Gasteiger partial charge in [-0.15, -0.1) is 0 Å². The van der Waals surface area contributed by atoms with Crippen molar-refractivity contribution in [2.24, 2.45) is 0 Å². The molecule has 0 atom stereocenters. The molecule has 1 aromatic heterocycles. The molecule has 9 nitrogen and oxygen atoms in total. The van der Waals surface area contributed by atoms with Crippen molar-refractivity contribution in [1.82, 2.24) is 0 Å². The first-order valence-electron chi connectivity index (χ1n) is 9.80. The van der Waals surface area contributed by atoms with Crippen LogP contribution < -0.4 is 19.5 Å². The number of hydrogen-bond acceptors (Lipinski definition) is 6. The second-order valence-electron chi connectivity index (χ2n) is 7.01. The Kier molecular flexibility index (Phi) is 6.82. The van der Waals surface area contributed by atoms with Gasteiger partial charge >= 0.3 is 5.97 Å². The Morgan fingerprint density at radius 1 is 1.28 bits per heavy atom. The largest absolute Gasteiger partial charge is 0.763 e. The van der Waals surface area contributed by atoms with E-state index in [1.807, 2.05) is 19.0 Å². The highest BCUT2D eigenvalue weighted by Crippen LogP contribution is 2.29. The Morgan fingerprint density at radius 2 is 2.00 bits per heavy atom. The lowest BCUT2D eigenvalue weighted by molar-refractivity contribution is -0.576. The predicted molar refractivity (Wildman–Crippen MR) is 119 cm³/mol. The van der Waals surface area contributed by atoms with Crippen molar-refractivity contribution in [3.63, 3.8) is 0 Å². The van der Waals surface area contributed by atoms with Gasteiger partial charge in [0.05, 0.1) is 17.9 Å². The Labute approximate surface area is 185 Å². The number of ketones is 1. The van der Waals surface area contributed by atoms with E-state index in [4.69, 9.17) is 9.47 Å². The molecule has 1 aliphatic heterocycles. The van der Waals surface area contributed by atoms with E-state index in [0.717, 1.165) is 5.69 Å². The van der Waals surface area contributed by atoms with Crippen LogP contribution in [0.5, 0.6) is 5.75 Å². The molecule has 164 valence electrons. The average Bonchev–Trinajstić information content (AvgIpc) is 2.79. The van der Waals surface area contributed by atoms with Gasteiger partial charge in [0.25, 0.3) is 17.4 Å². The zero-order valence-corrected chi connectivity index (χ0v) is 17.9. The van der Waals surface area contributed by atoms with E-state index in [1.54, 1.807) is 49.5 Å². The summed E-state index contributed by atoms with van der Waals surface area (Å²) < 4.78 is 11.8. The van der Waals surface area contributed by atoms with Crippen LogP contribution in [0, 0.1) is 0 Å². The summed E-state index contributed by atoms with van der Waals surface area (Å²) in [5.74, 6) is 0.630. The highest BCUT2D eigenvalue weighted by molar-refractivity contribution is 6.23. The number of ether oxygens (including phenoxy) is 2. The van der Waals surface area contributed by atoms with Crippen LogP contribution >= 0.6 is 0 Å². The van der Waals surface area contributed by atoms with Crippen LogP contribution in [0.2, 0.25) is 0 Å². The van der Waals surface area contributed by atoms with Crippen molar-refractivity contribution in [2.75, 3.05) is 37.5 Å². The zero-order valence-electron chi connectivity index (χ0n) is 17.9. The van der Waals surface area contributed by atoms with Crippen molar-refractivity contribution in [3.8, 4) is 5.75 Å². The molecular formula is C23H22N4O5. The van der Waals surface area contributed by atoms with E-state index in [-0.39, 0.29) is 36.0 Å². The van der Waals surface area contributed by atoms with Crippen LogP contribution in [0.3, 0.4) is 0 Å². The van der Waals surface area contributed by atoms with Crippen LogP contribution in [0.1, 0.15) is 17.3 Å². The standard InChI is InChI=1S/C23H22N4O5/c1-4-31-23(30)16(13-24)12-19(27-9-7-17(8-10-27)26(2)3)22(29)15-5-6-20-18(11-15)25-21(28)14-32-20/h5-12H,4,14H2,1-3H3,(H,25,28)/b19-12-. The normalized spacial score (nSPS) is 12.6. The molecule has 2 aromatic rings. The first-order valence-corrected chi connectivity index (χ1v) is 9.80. The lowest BCUT2D eigenvalue weighted by Crippen LogP contribution is -2.36. The van der Waals surface area contributed by atoms with Gasteiger partial charge in [-0.05, 0) is 25.1 Å². The summed E-state index contributed by atoms with van der Waals surface area (Å²) in [7, 11) is 3.76. The third-order valence-corrected chi connectivity index (χ3v) is 4.61. The van der Waals surface area contributed by atoms with Crippen LogP contribution in [0.4, 0.5) is 11.4 Å². The second kappa shape index (κ2) is 9.72. The van der Waals surface area contributed by atoms with Crippen molar-refractivity contribution >= 4 is 40.6 Å². The zero-order chi connectivity index (χ0) is 23.3. The fourth-order valence-corrected chi connectivity index (χ4v) is 2.99. The smallest absolute Gasteiger partial charge is 0.344 e. The van der Waals surface area contributed by atoms with Gasteiger partial charge in [0, 0.05) is 43.6 Å². The van der Waals surface area contributed by atoms with Crippen molar-refractivity contribution in [2.45, 2.75) is 6.92 Å². The molecule has 9 heteroatoms. The summed E-state index contributed by atoms with van der Waals surface area (Å²) in [4.78, 5) is 39.1. The quantitative estimate of drug-likeness (QED) is 0.178. The van der Waals surface area contributed by atoms with E-state index in [0.29, 0.717) is 11.4 Å². The van der Waals surface area contributed by atoms with Gasteiger partial charge in [0.1, 0.15) is 5.75 Å². The minimum Gasteiger partial charge on any atom is -0.763 e. The fraction of sp³-hybridized carbons (Fsp3) is 0.217. The summed E-state index contributed by atoms with van der Waals surface area (Å²) in [5.41, 5.74) is 1.26. The van der Waals surface area contributed by atoms with Crippen LogP contribution in [-0.2, 0) is 14.3 Å². The average molecular weight is 434 g/mol. The van der Waals surface area contributed by atoms with Gasteiger partial charge in [-0.1, -0.05) is 0 Å². The molecule has 1 amide bonds. The van der Waals surface area contributed by atoms with Crippen molar-refractivity contribution in [1.29, 1.82) is 0 Å². The maximum absolute atomic E-state index is 13.4. The first-order chi connectivity index (χ1) is 15.3.